The Hall–Kier alpha value is -2.94. The smallest absolute Gasteiger partial charge is 0.339 e. The quantitative estimate of drug-likeness (QED) is 0.683. The van der Waals surface area contributed by atoms with Crippen LogP contribution in [0.2, 0.25) is 0 Å². The largest absolute Gasteiger partial charge is 0.496 e. The summed E-state index contributed by atoms with van der Waals surface area (Å²) < 4.78 is 5.02. The van der Waals surface area contributed by atoms with Gasteiger partial charge in [-0.05, 0) is 12.1 Å². The third kappa shape index (κ3) is 5.03. The summed E-state index contributed by atoms with van der Waals surface area (Å²) >= 11 is 1.25. The molecule has 0 atom stereocenters. The molecule has 0 radical (unpaired) electrons. The molecule has 0 aliphatic carbocycles. The number of hydrogen-bond acceptors (Lipinski definition) is 6. The molecule has 2 rings (SSSR count). The minimum atomic E-state index is -1.11. The molecule has 3 N–H and O–H groups in total. The lowest BCUT2D eigenvalue weighted by molar-refractivity contribution is -0.119. The van der Waals surface area contributed by atoms with E-state index in [1.807, 2.05) is 0 Å². The van der Waals surface area contributed by atoms with E-state index in [1.165, 1.54) is 36.6 Å². The maximum absolute atomic E-state index is 12.1. The SMILES string of the molecule is COc1cc(NC(=O)Cc2csc(NC(=O)C(C)C)n2)ccc1C(=O)O. The molecule has 0 spiro atoms. The molecule has 1 aromatic carbocycles. The number of thiazole rings is 1. The predicted octanol–water partition coefficient (Wildman–Crippen LogP) is 2.63. The van der Waals surface area contributed by atoms with Gasteiger partial charge in [-0.15, -0.1) is 11.3 Å². The number of aromatic carboxylic acids is 1. The lowest BCUT2D eigenvalue weighted by Gasteiger charge is -2.09. The van der Waals surface area contributed by atoms with Crippen molar-refractivity contribution in [2.75, 3.05) is 17.7 Å². The lowest BCUT2D eigenvalue weighted by Crippen LogP contribution is -2.18. The topological polar surface area (TPSA) is 118 Å². The molecule has 0 saturated carbocycles. The van der Waals surface area contributed by atoms with Crippen LogP contribution in [0.4, 0.5) is 10.8 Å². The zero-order chi connectivity index (χ0) is 19.3. The fraction of sp³-hybridized carbons (Fsp3) is 0.294. The first-order valence-corrected chi connectivity index (χ1v) is 8.64. The van der Waals surface area contributed by atoms with Crippen LogP contribution in [0.3, 0.4) is 0 Å². The number of carboxylic acids is 1. The second kappa shape index (κ2) is 8.43. The number of ether oxygens (including phenoxy) is 1. The first kappa shape index (κ1) is 19.4. The fourth-order valence-electron chi connectivity index (χ4n) is 2.01. The predicted molar refractivity (Wildman–Crippen MR) is 97.9 cm³/mol. The zero-order valence-electron chi connectivity index (χ0n) is 14.5. The van der Waals surface area contributed by atoms with Crippen LogP contribution in [-0.2, 0) is 16.0 Å². The van der Waals surface area contributed by atoms with E-state index in [1.54, 1.807) is 19.2 Å². The van der Waals surface area contributed by atoms with E-state index < -0.39 is 5.97 Å². The molecule has 0 fully saturated rings. The van der Waals surface area contributed by atoms with Crippen molar-refractivity contribution < 1.29 is 24.2 Å². The number of carboxylic acid groups (broad SMARTS) is 1. The van der Waals surface area contributed by atoms with E-state index >= 15 is 0 Å². The van der Waals surface area contributed by atoms with Gasteiger partial charge >= 0.3 is 5.97 Å². The molecule has 1 aromatic heterocycles. The van der Waals surface area contributed by atoms with Gasteiger partial charge in [-0.1, -0.05) is 13.8 Å². The molecule has 8 nitrogen and oxygen atoms in total. The molecule has 2 amide bonds. The summed E-state index contributed by atoms with van der Waals surface area (Å²) in [6, 6.07) is 4.29. The third-order valence-electron chi connectivity index (χ3n) is 3.36. The van der Waals surface area contributed by atoms with Crippen LogP contribution in [0.15, 0.2) is 23.6 Å². The summed E-state index contributed by atoms with van der Waals surface area (Å²) in [6.45, 7) is 3.56. The van der Waals surface area contributed by atoms with Crippen molar-refractivity contribution in [1.29, 1.82) is 0 Å². The molecule has 0 aliphatic rings. The molecule has 2 aromatic rings. The average molecular weight is 377 g/mol. The van der Waals surface area contributed by atoms with Crippen LogP contribution in [0.1, 0.15) is 29.9 Å². The van der Waals surface area contributed by atoms with Gasteiger partial charge in [-0.3, -0.25) is 9.59 Å². The normalized spacial score (nSPS) is 10.5. The van der Waals surface area contributed by atoms with Crippen LogP contribution in [0.5, 0.6) is 5.75 Å². The molecule has 0 unspecified atom stereocenters. The Bertz CT molecular complexity index is 832. The van der Waals surface area contributed by atoms with Crippen molar-refractivity contribution in [2.24, 2.45) is 5.92 Å². The summed E-state index contributed by atoms with van der Waals surface area (Å²) in [5.74, 6) is -1.57. The Morgan fingerprint density at radius 3 is 2.62 bits per heavy atom. The van der Waals surface area contributed by atoms with E-state index in [0.717, 1.165) is 0 Å². The Labute approximate surface area is 154 Å². The molecule has 26 heavy (non-hydrogen) atoms. The van der Waals surface area contributed by atoms with Crippen LogP contribution in [0, 0.1) is 5.92 Å². The van der Waals surface area contributed by atoms with E-state index in [4.69, 9.17) is 9.84 Å². The van der Waals surface area contributed by atoms with Crippen molar-refractivity contribution >= 4 is 39.9 Å². The molecule has 0 aliphatic heterocycles. The first-order valence-electron chi connectivity index (χ1n) is 7.76. The van der Waals surface area contributed by atoms with E-state index in [9.17, 15) is 14.4 Å². The molecular formula is C17H19N3O5S. The Balaban J connectivity index is 2.00. The number of hydrogen-bond donors (Lipinski definition) is 3. The van der Waals surface area contributed by atoms with Gasteiger partial charge in [0.05, 0.1) is 19.2 Å². The van der Waals surface area contributed by atoms with Gasteiger partial charge in [-0.2, -0.15) is 0 Å². The standard InChI is InChI=1S/C17H19N3O5S/c1-9(2)15(22)20-17-19-11(8-26-17)7-14(21)18-10-4-5-12(16(23)24)13(6-10)25-3/h4-6,8-9H,7H2,1-3H3,(H,18,21)(H,23,24)(H,19,20,22). The highest BCUT2D eigenvalue weighted by atomic mass is 32.1. The minimum absolute atomic E-state index is 0.00976. The summed E-state index contributed by atoms with van der Waals surface area (Å²) in [6.07, 6.45) is 0.0248. The molecule has 0 bridgehead atoms. The number of carbonyl (C=O) groups excluding carboxylic acids is 2. The number of benzene rings is 1. The van der Waals surface area contributed by atoms with Crippen molar-refractivity contribution in [3.63, 3.8) is 0 Å². The fourth-order valence-corrected chi connectivity index (χ4v) is 2.72. The van der Waals surface area contributed by atoms with Crippen LogP contribution in [-0.4, -0.2) is 35.0 Å². The number of carbonyl (C=O) groups is 3. The third-order valence-corrected chi connectivity index (χ3v) is 4.17. The van der Waals surface area contributed by atoms with Gasteiger partial charge in [0.25, 0.3) is 0 Å². The minimum Gasteiger partial charge on any atom is -0.496 e. The number of methoxy groups -OCH3 is 1. The van der Waals surface area contributed by atoms with Gasteiger partial charge in [0, 0.05) is 23.1 Å². The summed E-state index contributed by atoms with van der Waals surface area (Å²) in [4.78, 5) is 39.1. The Morgan fingerprint density at radius 2 is 2.00 bits per heavy atom. The van der Waals surface area contributed by atoms with Crippen molar-refractivity contribution in [2.45, 2.75) is 20.3 Å². The first-order chi connectivity index (χ1) is 12.3. The highest BCUT2D eigenvalue weighted by Crippen LogP contribution is 2.23. The number of nitrogens with zero attached hydrogens (tertiary/aromatic N) is 1. The van der Waals surface area contributed by atoms with Gasteiger partial charge in [0.1, 0.15) is 11.3 Å². The molecule has 9 heteroatoms. The van der Waals surface area contributed by atoms with Gasteiger partial charge in [0.15, 0.2) is 5.13 Å². The monoisotopic (exact) mass is 377 g/mol. The number of nitrogens with one attached hydrogen (secondary N) is 2. The van der Waals surface area contributed by atoms with Crippen molar-refractivity contribution in [3.05, 3.63) is 34.8 Å². The lowest BCUT2D eigenvalue weighted by atomic mass is 10.1. The second-order valence-electron chi connectivity index (χ2n) is 5.73. The van der Waals surface area contributed by atoms with Gasteiger partial charge in [-0.25, -0.2) is 9.78 Å². The van der Waals surface area contributed by atoms with Gasteiger partial charge in [0.2, 0.25) is 11.8 Å². The molecule has 0 saturated heterocycles. The highest BCUT2D eigenvalue weighted by Gasteiger charge is 2.14. The maximum atomic E-state index is 12.1. The van der Waals surface area contributed by atoms with Crippen LogP contribution in [0.25, 0.3) is 0 Å². The summed E-state index contributed by atoms with van der Waals surface area (Å²) in [7, 11) is 1.36. The summed E-state index contributed by atoms with van der Waals surface area (Å²) in [5.41, 5.74) is 0.955. The highest BCUT2D eigenvalue weighted by molar-refractivity contribution is 7.13. The zero-order valence-corrected chi connectivity index (χ0v) is 15.3. The Morgan fingerprint density at radius 1 is 1.27 bits per heavy atom. The molecular weight excluding hydrogens is 358 g/mol. The van der Waals surface area contributed by atoms with Crippen LogP contribution < -0.4 is 15.4 Å². The average Bonchev–Trinajstić information content (AvgIpc) is 3.00. The number of amides is 2. The van der Waals surface area contributed by atoms with E-state index in [0.29, 0.717) is 16.5 Å². The number of aromatic nitrogens is 1. The maximum Gasteiger partial charge on any atom is 0.339 e. The van der Waals surface area contributed by atoms with E-state index in [-0.39, 0.29) is 35.5 Å². The van der Waals surface area contributed by atoms with Gasteiger partial charge < -0.3 is 20.5 Å². The van der Waals surface area contributed by atoms with Crippen LogP contribution >= 0.6 is 11.3 Å². The van der Waals surface area contributed by atoms with E-state index in [2.05, 4.69) is 15.6 Å². The molecule has 138 valence electrons. The number of anilines is 2. The Kier molecular flexibility index (Phi) is 6.29. The molecule has 1 heterocycles. The number of rotatable bonds is 7. The summed E-state index contributed by atoms with van der Waals surface area (Å²) in [5, 5.41) is 16.5. The van der Waals surface area contributed by atoms with Crippen molar-refractivity contribution in [3.8, 4) is 5.75 Å². The van der Waals surface area contributed by atoms with Crippen molar-refractivity contribution in [1.82, 2.24) is 4.98 Å². The second-order valence-corrected chi connectivity index (χ2v) is 6.59.